The van der Waals surface area contributed by atoms with Crippen LogP contribution in [0.25, 0.3) is 0 Å². The minimum absolute atomic E-state index is 0.300. The van der Waals surface area contributed by atoms with Gasteiger partial charge in [0, 0.05) is 48.6 Å². The Labute approximate surface area is 133 Å². The number of aryl methyl sites for hydroxylation is 1. The number of aliphatic hydroxyl groups excluding tert-OH is 1. The fourth-order valence-corrected chi connectivity index (χ4v) is 3.97. The summed E-state index contributed by atoms with van der Waals surface area (Å²) in [6.45, 7) is 12.7. The molecule has 0 saturated carbocycles. The molecule has 0 aliphatic carbocycles. The molecule has 1 saturated heterocycles. The maximum Gasteiger partial charge on any atom is 0.0446 e. The van der Waals surface area contributed by atoms with Crippen molar-refractivity contribution in [2.75, 3.05) is 32.8 Å². The van der Waals surface area contributed by atoms with E-state index in [0.717, 1.165) is 38.5 Å². The zero-order chi connectivity index (χ0) is 15.2. The van der Waals surface area contributed by atoms with Crippen LogP contribution < -0.4 is 0 Å². The Morgan fingerprint density at radius 3 is 2.76 bits per heavy atom. The minimum Gasteiger partial charge on any atom is -0.396 e. The van der Waals surface area contributed by atoms with Gasteiger partial charge in [-0.15, -0.1) is 11.3 Å². The van der Waals surface area contributed by atoms with Crippen LogP contribution in [0.5, 0.6) is 0 Å². The third kappa shape index (κ3) is 5.37. The van der Waals surface area contributed by atoms with Crippen molar-refractivity contribution in [2.45, 2.75) is 46.2 Å². The molecule has 0 amide bonds. The second kappa shape index (κ2) is 8.28. The Balaban J connectivity index is 1.87. The summed E-state index contributed by atoms with van der Waals surface area (Å²) in [5.41, 5.74) is 0. The Morgan fingerprint density at radius 2 is 2.14 bits per heavy atom. The standard InChI is InChI=1S/C17H30N2OS/c1-14(2)6-8-19-10-9-18(12-16(19)7-11-20)13-17-5-4-15(3)21-17/h4-5,14,16,20H,6-13H2,1-3H3/t16-/m0/s1. The van der Waals surface area contributed by atoms with Crippen LogP contribution in [-0.4, -0.2) is 53.7 Å². The molecule has 120 valence electrons. The Kier molecular flexibility index (Phi) is 6.68. The molecular formula is C17H30N2OS. The predicted molar refractivity (Wildman–Crippen MR) is 90.9 cm³/mol. The van der Waals surface area contributed by atoms with Gasteiger partial charge in [0.25, 0.3) is 0 Å². The highest BCUT2D eigenvalue weighted by Crippen LogP contribution is 2.21. The first-order valence-electron chi connectivity index (χ1n) is 8.21. The maximum atomic E-state index is 9.35. The van der Waals surface area contributed by atoms with E-state index < -0.39 is 0 Å². The summed E-state index contributed by atoms with van der Waals surface area (Å²) >= 11 is 1.91. The molecule has 2 rings (SSSR count). The highest BCUT2D eigenvalue weighted by atomic mass is 32.1. The predicted octanol–water partition coefficient (Wildman–Crippen LogP) is 2.97. The average molecular weight is 311 g/mol. The van der Waals surface area contributed by atoms with Crippen molar-refractivity contribution in [1.82, 2.24) is 9.80 Å². The van der Waals surface area contributed by atoms with E-state index in [-0.39, 0.29) is 0 Å². The van der Waals surface area contributed by atoms with Gasteiger partial charge in [0.15, 0.2) is 0 Å². The number of aliphatic hydroxyl groups is 1. The largest absolute Gasteiger partial charge is 0.396 e. The average Bonchev–Trinajstić information content (AvgIpc) is 2.83. The van der Waals surface area contributed by atoms with E-state index in [1.54, 1.807) is 0 Å². The van der Waals surface area contributed by atoms with Crippen LogP contribution >= 0.6 is 11.3 Å². The molecule has 0 radical (unpaired) electrons. The van der Waals surface area contributed by atoms with Crippen LogP contribution in [0.3, 0.4) is 0 Å². The zero-order valence-corrected chi connectivity index (χ0v) is 14.5. The van der Waals surface area contributed by atoms with E-state index in [1.165, 1.54) is 22.7 Å². The lowest BCUT2D eigenvalue weighted by atomic mass is 10.1. The van der Waals surface area contributed by atoms with Crippen molar-refractivity contribution >= 4 is 11.3 Å². The Bertz CT molecular complexity index is 419. The van der Waals surface area contributed by atoms with Gasteiger partial charge in [0.1, 0.15) is 0 Å². The first-order valence-corrected chi connectivity index (χ1v) is 9.02. The number of nitrogens with zero attached hydrogens (tertiary/aromatic N) is 2. The van der Waals surface area contributed by atoms with Crippen LogP contribution in [-0.2, 0) is 6.54 Å². The van der Waals surface area contributed by atoms with Crippen molar-refractivity contribution < 1.29 is 5.11 Å². The summed E-state index contributed by atoms with van der Waals surface area (Å²) < 4.78 is 0. The molecule has 1 N–H and O–H groups in total. The molecule has 1 aromatic rings. The number of rotatable bonds is 7. The molecule has 0 unspecified atom stereocenters. The lowest BCUT2D eigenvalue weighted by Gasteiger charge is -2.41. The van der Waals surface area contributed by atoms with E-state index in [4.69, 9.17) is 0 Å². The summed E-state index contributed by atoms with van der Waals surface area (Å²) in [5.74, 6) is 0.756. The Morgan fingerprint density at radius 1 is 1.33 bits per heavy atom. The molecule has 4 heteroatoms. The molecule has 1 aliphatic heterocycles. The smallest absolute Gasteiger partial charge is 0.0446 e. The van der Waals surface area contributed by atoms with Gasteiger partial charge in [0.05, 0.1) is 0 Å². The van der Waals surface area contributed by atoms with E-state index in [0.29, 0.717) is 12.6 Å². The normalized spacial score (nSPS) is 21.3. The van der Waals surface area contributed by atoms with Crippen LogP contribution in [0.2, 0.25) is 0 Å². The molecule has 1 aliphatic rings. The van der Waals surface area contributed by atoms with E-state index in [2.05, 4.69) is 42.7 Å². The first kappa shape index (κ1) is 16.9. The summed E-state index contributed by atoms with van der Waals surface area (Å²) in [7, 11) is 0. The Hall–Kier alpha value is -0.420. The molecule has 1 fully saturated rings. The number of hydrogen-bond donors (Lipinski definition) is 1. The highest BCUT2D eigenvalue weighted by molar-refractivity contribution is 7.11. The molecule has 1 aromatic heterocycles. The van der Waals surface area contributed by atoms with Crippen LogP contribution in [0.4, 0.5) is 0 Å². The first-order chi connectivity index (χ1) is 10.1. The lowest BCUT2D eigenvalue weighted by Crippen LogP contribution is -2.53. The topological polar surface area (TPSA) is 26.7 Å². The summed E-state index contributed by atoms with van der Waals surface area (Å²) in [4.78, 5) is 8.00. The zero-order valence-electron chi connectivity index (χ0n) is 13.7. The molecule has 21 heavy (non-hydrogen) atoms. The van der Waals surface area contributed by atoms with Crippen molar-refractivity contribution in [1.29, 1.82) is 0 Å². The monoisotopic (exact) mass is 310 g/mol. The SMILES string of the molecule is Cc1ccc(CN2CCN(CCC(C)C)[C@@H](CCO)C2)s1. The minimum atomic E-state index is 0.300. The second-order valence-corrected chi connectivity index (χ2v) is 8.00. The van der Waals surface area contributed by atoms with Crippen LogP contribution in [0, 0.1) is 12.8 Å². The van der Waals surface area contributed by atoms with Gasteiger partial charge in [-0.2, -0.15) is 0 Å². The highest BCUT2D eigenvalue weighted by Gasteiger charge is 2.26. The lowest BCUT2D eigenvalue weighted by molar-refractivity contribution is 0.0529. The van der Waals surface area contributed by atoms with Crippen molar-refractivity contribution in [3.63, 3.8) is 0 Å². The number of thiophene rings is 1. The van der Waals surface area contributed by atoms with Gasteiger partial charge in [-0.1, -0.05) is 13.8 Å². The van der Waals surface area contributed by atoms with Crippen LogP contribution in [0.15, 0.2) is 12.1 Å². The molecule has 0 aromatic carbocycles. The summed E-state index contributed by atoms with van der Waals surface area (Å²) in [6.07, 6.45) is 2.16. The van der Waals surface area contributed by atoms with Crippen molar-refractivity contribution in [2.24, 2.45) is 5.92 Å². The summed E-state index contributed by atoms with van der Waals surface area (Å²) in [6, 6.07) is 4.99. The van der Waals surface area contributed by atoms with Crippen molar-refractivity contribution in [3.05, 3.63) is 21.9 Å². The van der Waals surface area contributed by atoms with E-state index >= 15 is 0 Å². The molecular weight excluding hydrogens is 280 g/mol. The molecule has 3 nitrogen and oxygen atoms in total. The molecule has 0 bridgehead atoms. The van der Waals surface area contributed by atoms with Gasteiger partial charge < -0.3 is 5.11 Å². The van der Waals surface area contributed by atoms with E-state index in [9.17, 15) is 5.11 Å². The maximum absolute atomic E-state index is 9.35. The molecule has 0 spiro atoms. The van der Waals surface area contributed by atoms with Crippen molar-refractivity contribution in [3.8, 4) is 0 Å². The van der Waals surface area contributed by atoms with Gasteiger partial charge in [-0.05, 0) is 44.4 Å². The molecule has 1 atom stereocenters. The van der Waals surface area contributed by atoms with Gasteiger partial charge in [0.2, 0.25) is 0 Å². The third-order valence-electron chi connectivity index (χ3n) is 4.32. The van der Waals surface area contributed by atoms with E-state index in [1.807, 2.05) is 11.3 Å². The fourth-order valence-electron chi connectivity index (χ4n) is 3.03. The summed E-state index contributed by atoms with van der Waals surface area (Å²) in [5, 5.41) is 9.35. The fraction of sp³-hybridized carbons (Fsp3) is 0.765. The van der Waals surface area contributed by atoms with Gasteiger partial charge in [-0.25, -0.2) is 0 Å². The van der Waals surface area contributed by atoms with Crippen LogP contribution in [0.1, 0.15) is 36.4 Å². The number of hydrogen-bond acceptors (Lipinski definition) is 4. The molecule has 2 heterocycles. The second-order valence-electron chi connectivity index (χ2n) is 6.63. The van der Waals surface area contributed by atoms with Gasteiger partial charge >= 0.3 is 0 Å². The number of piperazine rings is 1. The third-order valence-corrected chi connectivity index (χ3v) is 5.31. The quantitative estimate of drug-likeness (QED) is 0.839. The van der Waals surface area contributed by atoms with Gasteiger partial charge in [-0.3, -0.25) is 9.80 Å².